The van der Waals surface area contributed by atoms with Crippen LogP contribution in [0.25, 0.3) is 0 Å². The molecule has 1 heterocycles. The number of urea groups is 1. The van der Waals surface area contributed by atoms with Crippen LogP contribution in [0, 0.1) is 0 Å². The fourth-order valence-corrected chi connectivity index (χ4v) is 3.61. The van der Waals surface area contributed by atoms with E-state index in [1.165, 1.54) is 0 Å². The lowest BCUT2D eigenvalue weighted by molar-refractivity contribution is -0.120. The number of nitrogens with one attached hydrogen (secondary N) is 3. The Morgan fingerprint density at radius 1 is 1.00 bits per heavy atom. The van der Waals surface area contributed by atoms with Crippen LogP contribution in [-0.2, 0) is 11.2 Å². The standard InChI is InChI=1S/C22H25N7O2S/c1-3-29(4-2)18-12-10-16(11-13-18)15-23-26-19(30)14-20-27-28-22(32-20)25-21(31)24-17-8-6-5-7-9-17/h5-13,15H,3-4,14H2,1-2H3,(H,26,30)(H2,24,25,28,31)/b23-15-. The van der Waals surface area contributed by atoms with E-state index in [0.717, 1.165) is 35.7 Å². The van der Waals surface area contributed by atoms with Crippen LogP contribution in [0.5, 0.6) is 0 Å². The van der Waals surface area contributed by atoms with Gasteiger partial charge in [-0.3, -0.25) is 10.1 Å². The normalized spacial score (nSPS) is 10.7. The fraction of sp³-hybridized carbons (Fsp3) is 0.227. The summed E-state index contributed by atoms with van der Waals surface area (Å²) in [6, 6.07) is 16.6. The molecule has 0 saturated heterocycles. The predicted octanol–water partition coefficient (Wildman–Crippen LogP) is 3.72. The maximum Gasteiger partial charge on any atom is 0.325 e. The number of hydrogen-bond acceptors (Lipinski definition) is 7. The minimum atomic E-state index is -0.431. The number of carbonyl (C=O) groups is 2. The van der Waals surface area contributed by atoms with Crippen molar-refractivity contribution in [1.29, 1.82) is 0 Å². The van der Waals surface area contributed by atoms with Gasteiger partial charge in [0.1, 0.15) is 5.01 Å². The molecule has 32 heavy (non-hydrogen) atoms. The number of para-hydroxylation sites is 1. The van der Waals surface area contributed by atoms with E-state index in [0.29, 0.717) is 15.8 Å². The van der Waals surface area contributed by atoms with E-state index >= 15 is 0 Å². The molecule has 3 N–H and O–H groups in total. The van der Waals surface area contributed by atoms with Crippen molar-refractivity contribution in [2.45, 2.75) is 20.3 Å². The third kappa shape index (κ3) is 6.88. The second-order valence-corrected chi connectivity index (χ2v) is 7.74. The van der Waals surface area contributed by atoms with Crippen LogP contribution in [0.3, 0.4) is 0 Å². The van der Waals surface area contributed by atoms with E-state index in [-0.39, 0.29) is 12.3 Å². The van der Waals surface area contributed by atoms with Crippen LogP contribution in [0.4, 0.5) is 21.3 Å². The number of nitrogens with zero attached hydrogens (tertiary/aromatic N) is 4. The molecule has 0 atom stereocenters. The lowest BCUT2D eigenvalue weighted by atomic mass is 10.2. The first-order valence-electron chi connectivity index (χ1n) is 10.2. The van der Waals surface area contributed by atoms with Crippen LogP contribution in [0.1, 0.15) is 24.4 Å². The highest BCUT2D eigenvalue weighted by Crippen LogP contribution is 2.16. The van der Waals surface area contributed by atoms with Crippen molar-refractivity contribution in [2.24, 2.45) is 5.10 Å². The molecule has 0 radical (unpaired) electrons. The summed E-state index contributed by atoms with van der Waals surface area (Å²) >= 11 is 1.13. The highest BCUT2D eigenvalue weighted by molar-refractivity contribution is 7.15. The third-order valence-corrected chi connectivity index (χ3v) is 5.29. The van der Waals surface area contributed by atoms with E-state index in [4.69, 9.17) is 0 Å². The highest BCUT2D eigenvalue weighted by atomic mass is 32.1. The number of aromatic nitrogens is 2. The summed E-state index contributed by atoms with van der Waals surface area (Å²) in [4.78, 5) is 26.4. The zero-order chi connectivity index (χ0) is 22.8. The molecule has 166 valence electrons. The zero-order valence-electron chi connectivity index (χ0n) is 17.9. The summed E-state index contributed by atoms with van der Waals surface area (Å²) in [5.41, 5.74) is 5.17. The van der Waals surface area contributed by atoms with Gasteiger partial charge in [0.15, 0.2) is 0 Å². The van der Waals surface area contributed by atoms with E-state index in [9.17, 15) is 9.59 Å². The largest absolute Gasteiger partial charge is 0.372 e. The Balaban J connectivity index is 1.45. The lowest BCUT2D eigenvalue weighted by Crippen LogP contribution is -2.21. The average Bonchev–Trinajstić information content (AvgIpc) is 3.22. The summed E-state index contributed by atoms with van der Waals surface area (Å²) in [7, 11) is 0. The Bertz CT molecular complexity index is 1050. The maximum absolute atomic E-state index is 12.1. The van der Waals surface area contributed by atoms with Gasteiger partial charge in [0.05, 0.1) is 12.6 Å². The van der Waals surface area contributed by atoms with Gasteiger partial charge < -0.3 is 10.2 Å². The second-order valence-electron chi connectivity index (χ2n) is 6.68. The molecule has 9 nitrogen and oxygen atoms in total. The summed E-state index contributed by atoms with van der Waals surface area (Å²) < 4.78 is 0. The van der Waals surface area contributed by atoms with Crippen molar-refractivity contribution < 1.29 is 9.59 Å². The number of hydrogen-bond donors (Lipinski definition) is 3. The zero-order valence-corrected chi connectivity index (χ0v) is 18.7. The first kappa shape index (κ1) is 22.9. The van der Waals surface area contributed by atoms with Gasteiger partial charge in [-0.15, -0.1) is 10.2 Å². The molecule has 0 aliphatic heterocycles. The number of rotatable bonds is 9. The number of anilines is 3. The fourth-order valence-electron chi connectivity index (χ4n) is 2.87. The topological polar surface area (TPSA) is 112 Å². The molecule has 3 rings (SSSR count). The second kappa shape index (κ2) is 11.6. The lowest BCUT2D eigenvalue weighted by Gasteiger charge is -2.20. The van der Waals surface area contributed by atoms with Gasteiger partial charge in [0.25, 0.3) is 0 Å². The van der Waals surface area contributed by atoms with E-state index in [2.05, 4.69) is 50.1 Å². The molecule has 0 unspecified atom stereocenters. The van der Waals surface area contributed by atoms with Crippen molar-refractivity contribution in [3.05, 3.63) is 65.2 Å². The minimum absolute atomic E-state index is 0.0118. The van der Waals surface area contributed by atoms with Gasteiger partial charge in [-0.1, -0.05) is 41.7 Å². The van der Waals surface area contributed by atoms with Crippen molar-refractivity contribution in [3.8, 4) is 0 Å². The Kier molecular flexibility index (Phi) is 8.27. The third-order valence-electron chi connectivity index (χ3n) is 4.46. The molecular weight excluding hydrogens is 426 g/mol. The van der Waals surface area contributed by atoms with E-state index < -0.39 is 6.03 Å². The first-order valence-corrected chi connectivity index (χ1v) is 11.0. The Labute approximate surface area is 190 Å². The van der Waals surface area contributed by atoms with Crippen molar-refractivity contribution in [2.75, 3.05) is 28.6 Å². The van der Waals surface area contributed by atoms with Gasteiger partial charge in [0.2, 0.25) is 11.0 Å². The van der Waals surface area contributed by atoms with Crippen LogP contribution in [0.2, 0.25) is 0 Å². The van der Waals surface area contributed by atoms with E-state index in [1.54, 1.807) is 18.3 Å². The molecular formula is C22H25N7O2S. The Hall–Kier alpha value is -3.79. The van der Waals surface area contributed by atoms with Crippen molar-refractivity contribution >= 4 is 46.0 Å². The molecule has 3 amide bonds. The van der Waals surface area contributed by atoms with Gasteiger partial charge >= 0.3 is 6.03 Å². The van der Waals surface area contributed by atoms with Crippen LogP contribution in [-0.4, -0.2) is 41.4 Å². The molecule has 10 heteroatoms. The molecule has 3 aromatic rings. The molecule has 1 aromatic heterocycles. The quantitative estimate of drug-likeness (QED) is 0.339. The number of benzene rings is 2. The van der Waals surface area contributed by atoms with Gasteiger partial charge in [-0.05, 0) is 43.7 Å². The van der Waals surface area contributed by atoms with Crippen LogP contribution >= 0.6 is 11.3 Å². The first-order chi connectivity index (χ1) is 15.6. The Morgan fingerprint density at radius 2 is 1.72 bits per heavy atom. The summed E-state index contributed by atoms with van der Waals surface area (Å²) in [6.45, 7) is 6.12. The summed E-state index contributed by atoms with van der Waals surface area (Å²) in [5, 5.41) is 17.9. The molecule has 2 aromatic carbocycles. The summed E-state index contributed by atoms with van der Waals surface area (Å²) in [5.74, 6) is -0.322. The van der Waals surface area contributed by atoms with Gasteiger partial charge in [0, 0.05) is 24.5 Å². The molecule has 0 spiro atoms. The molecule has 0 fully saturated rings. The van der Waals surface area contributed by atoms with Gasteiger partial charge in [-0.25, -0.2) is 10.2 Å². The summed E-state index contributed by atoms with van der Waals surface area (Å²) in [6.07, 6.45) is 1.60. The van der Waals surface area contributed by atoms with Crippen molar-refractivity contribution in [1.82, 2.24) is 15.6 Å². The molecule has 0 aliphatic rings. The number of carbonyl (C=O) groups excluding carboxylic acids is 2. The van der Waals surface area contributed by atoms with Gasteiger partial charge in [-0.2, -0.15) is 5.10 Å². The SMILES string of the molecule is CCN(CC)c1ccc(/C=N\NC(=O)Cc2nnc(NC(=O)Nc3ccccc3)s2)cc1. The number of hydrazone groups is 1. The maximum atomic E-state index is 12.1. The van der Waals surface area contributed by atoms with Crippen LogP contribution < -0.4 is 21.0 Å². The van der Waals surface area contributed by atoms with E-state index in [1.807, 2.05) is 42.5 Å². The highest BCUT2D eigenvalue weighted by Gasteiger charge is 2.11. The predicted molar refractivity (Wildman–Crippen MR) is 128 cm³/mol. The van der Waals surface area contributed by atoms with Crippen LogP contribution in [0.15, 0.2) is 59.7 Å². The minimum Gasteiger partial charge on any atom is -0.372 e. The number of amides is 3. The Morgan fingerprint density at radius 3 is 2.41 bits per heavy atom. The monoisotopic (exact) mass is 451 g/mol. The smallest absolute Gasteiger partial charge is 0.325 e. The molecule has 0 bridgehead atoms. The van der Waals surface area contributed by atoms with Crippen molar-refractivity contribution in [3.63, 3.8) is 0 Å². The average molecular weight is 452 g/mol. The molecule has 0 saturated carbocycles. The molecule has 0 aliphatic carbocycles.